The molecule has 1 saturated carbocycles. The lowest BCUT2D eigenvalue weighted by atomic mass is 9.67. The third-order valence-electron chi connectivity index (χ3n) is 4.08. The van der Waals surface area contributed by atoms with E-state index in [1.165, 1.54) is 27.7 Å². The van der Waals surface area contributed by atoms with Crippen LogP contribution >= 0.6 is 0 Å². The average molecular weight is 353 g/mol. The van der Waals surface area contributed by atoms with Crippen LogP contribution in [0.25, 0.3) is 0 Å². The Labute approximate surface area is 136 Å². The summed E-state index contributed by atoms with van der Waals surface area (Å²) in [6.07, 6.45) is -5.76. The molecular weight excluding hydrogens is 333 g/mol. The van der Waals surface area contributed by atoms with Crippen LogP contribution in [0.3, 0.4) is 0 Å². The van der Waals surface area contributed by atoms with Gasteiger partial charge in [0.25, 0.3) is 5.91 Å². The second-order valence-electron chi connectivity index (χ2n) is 7.86. The van der Waals surface area contributed by atoms with Gasteiger partial charge in [-0.25, -0.2) is 8.78 Å². The number of nitrogens with zero attached hydrogens (tertiary/aromatic N) is 2. The van der Waals surface area contributed by atoms with Gasteiger partial charge in [0.2, 0.25) is 5.92 Å². The van der Waals surface area contributed by atoms with Gasteiger partial charge in [0.1, 0.15) is 11.3 Å². The standard InChI is InChI=1S/C15H20F5N3O/c1-12(2,3)10-8(15(18,19)20)9(11(21)24)23(22-10)7-13(4)5-14(16,17)6-13/h5-7H2,1-4H3,(H2,21,24). The summed E-state index contributed by atoms with van der Waals surface area (Å²) in [4.78, 5) is 11.7. The summed E-state index contributed by atoms with van der Waals surface area (Å²) in [7, 11) is 0. The number of nitrogens with two attached hydrogens (primary N) is 1. The monoisotopic (exact) mass is 353 g/mol. The number of hydrogen-bond donors (Lipinski definition) is 1. The maximum absolute atomic E-state index is 13.5. The molecule has 1 aromatic rings. The van der Waals surface area contributed by atoms with Gasteiger partial charge < -0.3 is 5.73 Å². The van der Waals surface area contributed by atoms with Gasteiger partial charge in [0.05, 0.1) is 5.69 Å². The number of aromatic nitrogens is 2. The lowest BCUT2D eigenvalue weighted by Gasteiger charge is -2.44. The highest BCUT2D eigenvalue weighted by atomic mass is 19.4. The molecule has 2 rings (SSSR count). The molecule has 0 spiro atoms. The Morgan fingerprint density at radius 2 is 1.75 bits per heavy atom. The topological polar surface area (TPSA) is 60.9 Å². The van der Waals surface area contributed by atoms with Gasteiger partial charge in [0, 0.05) is 24.8 Å². The van der Waals surface area contributed by atoms with Gasteiger partial charge in [-0.05, 0) is 5.41 Å². The molecular formula is C15H20F5N3O. The predicted octanol–water partition coefficient (Wildman–Crippen LogP) is 3.73. The summed E-state index contributed by atoms with van der Waals surface area (Å²) >= 11 is 0. The third kappa shape index (κ3) is 3.39. The molecule has 1 aromatic heterocycles. The first-order valence-corrected chi connectivity index (χ1v) is 7.42. The molecule has 1 aliphatic rings. The maximum Gasteiger partial charge on any atom is 0.420 e. The molecule has 4 nitrogen and oxygen atoms in total. The summed E-state index contributed by atoms with van der Waals surface area (Å²) in [5, 5.41) is 3.93. The molecule has 136 valence electrons. The molecule has 2 N–H and O–H groups in total. The Kier molecular flexibility index (Phi) is 4.01. The minimum atomic E-state index is -4.82. The summed E-state index contributed by atoms with van der Waals surface area (Å²) < 4.78 is 67.6. The molecule has 0 atom stereocenters. The number of rotatable bonds is 3. The van der Waals surface area contributed by atoms with E-state index in [0.29, 0.717) is 0 Å². The van der Waals surface area contributed by atoms with E-state index in [2.05, 4.69) is 5.10 Å². The van der Waals surface area contributed by atoms with E-state index < -0.39 is 52.9 Å². The number of carbonyl (C=O) groups is 1. The highest BCUT2D eigenvalue weighted by Gasteiger charge is 2.54. The van der Waals surface area contributed by atoms with Crippen LogP contribution in [0.2, 0.25) is 0 Å². The number of alkyl halides is 5. The Morgan fingerprint density at radius 1 is 1.25 bits per heavy atom. The third-order valence-corrected chi connectivity index (χ3v) is 4.08. The van der Waals surface area contributed by atoms with Crippen molar-refractivity contribution in [1.82, 2.24) is 9.78 Å². The van der Waals surface area contributed by atoms with E-state index >= 15 is 0 Å². The van der Waals surface area contributed by atoms with Gasteiger partial charge in [-0.2, -0.15) is 18.3 Å². The van der Waals surface area contributed by atoms with Crippen LogP contribution in [0.5, 0.6) is 0 Å². The average Bonchev–Trinajstić information content (AvgIpc) is 2.63. The molecule has 0 aromatic carbocycles. The zero-order chi connectivity index (χ0) is 18.7. The van der Waals surface area contributed by atoms with Crippen molar-refractivity contribution in [3.8, 4) is 0 Å². The maximum atomic E-state index is 13.5. The first kappa shape index (κ1) is 18.7. The molecule has 0 saturated heterocycles. The van der Waals surface area contributed by atoms with Crippen LogP contribution in [0, 0.1) is 5.41 Å². The van der Waals surface area contributed by atoms with Crippen molar-refractivity contribution >= 4 is 5.91 Å². The number of amides is 1. The van der Waals surface area contributed by atoms with Gasteiger partial charge in [0.15, 0.2) is 0 Å². The fourth-order valence-electron chi connectivity index (χ4n) is 3.29. The van der Waals surface area contributed by atoms with Crippen LogP contribution < -0.4 is 5.73 Å². The van der Waals surface area contributed by atoms with Gasteiger partial charge >= 0.3 is 6.18 Å². The van der Waals surface area contributed by atoms with E-state index in [0.717, 1.165) is 4.68 Å². The molecule has 0 unspecified atom stereocenters. The lowest BCUT2D eigenvalue weighted by molar-refractivity contribution is -0.160. The Hall–Kier alpha value is -1.67. The number of halogens is 5. The first-order valence-electron chi connectivity index (χ1n) is 7.42. The Bertz CT molecular complexity index is 662. The molecule has 0 aliphatic heterocycles. The minimum Gasteiger partial charge on any atom is -0.364 e. The second-order valence-corrected chi connectivity index (χ2v) is 7.86. The number of carbonyl (C=O) groups excluding carboxylic acids is 1. The molecule has 1 heterocycles. The second kappa shape index (κ2) is 5.16. The van der Waals surface area contributed by atoms with Crippen molar-refractivity contribution in [1.29, 1.82) is 0 Å². The largest absolute Gasteiger partial charge is 0.420 e. The first-order chi connectivity index (χ1) is 10.6. The van der Waals surface area contributed by atoms with E-state index in [1.807, 2.05) is 0 Å². The summed E-state index contributed by atoms with van der Waals surface area (Å²) in [5.41, 5.74) is 0.946. The van der Waals surface area contributed by atoms with Gasteiger partial charge in [-0.15, -0.1) is 0 Å². The smallest absolute Gasteiger partial charge is 0.364 e. The molecule has 0 bridgehead atoms. The summed E-state index contributed by atoms with van der Waals surface area (Å²) in [5.74, 6) is -4.12. The molecule has 1 aliphatic carbocycles. The fraction of sp³-hybridized carbons (Fsp3) is 0.733. The van der Waals surface area contributed by atoms with Crippen LogP contribution in [-0.4, -0.2) is 21.6 Å². The Morgan fingerprint density at radius 3 is 2.08 bits per heavy atom. The SMILES string of the molecule is CC1(Cn2nc(C(C)(C)C)c(C(F)(F)F)c2C(N)=O)CC(F)(F)C1. The van der Waals surface area contributed by atoms with Crippen LogP contribution in [0.4, 0.5) is 22.0 Å². The number of primary amides is 1. The van der Waals surface area contributed by atoms with Gasteiger partial charge in [-0.3, -0.25) is 9.48 Å². The van der Waals surface area contributed by atoms with Crippen LogP contribution in [-0.2, 0) is 18.1 Å². The summed E-state index contributed by atoms with van der Waals surface area (Å²) in [6, 6.07) is 0. The van der Waals surface area contributed by atoms with E-state index in [9.17, 15) is 26.7 Å². The Balaban J connectivity index is 2.57. The molecule has 9 heteroatoms. The van der Waals surface area contributed by atoms with Crippen molar-refractivity contribution in [2.75, 3.05) is 0 Å². The minimum absolute atomic E-state index is 0.222. The quantitative estimate of drug-likeness (QED) is 0.842. The highest BCUT2D eigenvalue weighted by Crippen LogP contribution is 2.53. The molecule has 0 radical (unpaired) electrons. The van der Waals surface area contributed by atoms with Crippen molar-refractivity contribution in [3.63, 3.8) is 0 Å². The van der Waals surface area contributed by atoms with Crippen molar-refractivity contribution in [2.45, 2.75) is 64.6 Å². The number of hydrogen-bond acceptors (Lipinski definition) is 2. The zero-order valence-corrected chi connectivity index (χ0v) is 13.9. The van der Waals surface area contributed by atoms with E-state index in [1.54, 1.807) is 0 Å². The van der Waals surface area contributed by atoms with E-state index in [4.69, 9.17) is 5.73 Å². The molecule has 24 heavy (non-hydrogen) atoms. The van der Waals surface area contributed by atoms with Crippen molar-refractivity contribution < 1.29 is 26.7 Å². The van der Waals surface area contributed by atoms with Gasteiger partial charge in [-0.1, -0.05) is 27.7 Å². The fourth-order valence-corrected chi connectivity index (χ4v) is 3.29. The molecule has 1 amide bonds. The van der Waals surface area contributed by atoms with Crippen LogP contribution in [0.1, 0.15) is 62.3 Å². The van der Waals surface area contributed by atoms with Crippen LogP contribution in [0.15, 0.2) is 0 Å². The van der Waals surface area contributed by atoms with Crippen molar-refractivity contribution in [2.24, 2.45) is 11.1 Å². The predicted molar refractivity (Wildman–Crippen MR) is 76.7 cm³/mol. The lowest BCUT2D eigenvalue weighted by Crippen LogP contribution is -2.47. The zero-order valence-electron chi connectivity index (χ0n) is 13.9. The highest BCUT2D eigenvalue weighted by molar-refractivity contribution is 5.93. The molecule has 1 fully saturated rings. The normalized spacial score (nSPS) is 19.9. The summed E-state index contributed by atoms with van der Waals surface area (Å²) in [6.45, 7) is 5.89. The van der Waals surface area contributed by atoms with E-state index in [-0.39, 0.29) is 12.2 Å². The van der Waals surface area contributed by atoms with Crippen molar-refractivity contribution in [3.05, 3.63) is 17.0 Å².